The standard InChI is InChI=1S/C19H21N7O2/c1-11-13(9-25(3)24-11)17-16(12(2)22-19-20-10-21-26(17)19)18(27)23-14-7-5-6-8-15(14)28-4/h5-10,17H,1-4H3,(H,23,27)(H,20,21,22). The number of carbonyl (C=O) groups is 1. The van der Waals surface area contributed by atoms with Gasteiger partial charge in [0.15, 0.2) is 0 Å². The molecule has 1 atom stereocenters. The lowest BCUT2D eigenvalue weighted by molar-refractivity contribution is -0.113. The summed E-state index contributed by atoms with van der Waals surface area (Å²) in [5.41, 5.74) is 3.56. The van der Waals surface area contributed by atoms with Crippen LogP contribution in [0.25, 0.3) is 0 Å². The number of aryl methyl sites for hydroxylation is 2. The van der Waals surface area contributed by atoms with Crippen molar-refractivity contribution in [2.24, 2.45) is 7.05 Å². The molecule has 1 unspecified atom stereocenters. The van der Waals surface area contributed by atoms with Crippen molar-refractivity contribution in [2.45, 2.75) is 19.9 Å². The number of hydrogen-bond acceptors (Lipinski definition) is 6. The fourth-order valence-corrected chi connectivity index (χ4v) is 3.50. The first-order valence-electron chi connectivity index (χ1n) is 8.81. The van der Waals surface area contributed by atoms with Crippen LogP contribution in [0.4, 0.5) is 11.6 Å². The zero-order chi connectivity index (χ0) is 19.8. The quantitative estimate of drug-likeness (QED) is 0.721. The minimum Gasteiger partial charge on any atom is -0.495 e. The van der Waals surface area contributed by atoms with Crippen LogP contribution in [0.1, 0.15) is 24.2 Å². The van der Waals surface area contributed by atoms with Crippen LogP contribution in [0.3, 0.4) is 0 Å². The highest BCUT2D eigenvalue weighted by Gasteiger charge is 2.35. The highest BCUT2D eigenvalue weighted by molar-refractivity contribution is 6.06. The maximum atomic E-state index is 13.3. The molecule has 0 aliphatic carbocycles. The normalized spacial score (nSPS) is 15.8. The first kappa shape index (κ1) is 17.8. The molecule has 1 aromatic carbocycles. The topological polar surface area (TPSA) is 98.9 Å². The Morgan fingerprint density at radius 3 is 2.79 bits per heavy atom. The van der Waals surface area contributed by atoms with Crippen molar-refractivity contribution in [1.82, 2.24) is 24.5 Å². The number of carbonyl (C=O) groups excluding carboxylic acids is 1. The average Bonchev–Trinajstić information content (AvgIpc) is 3.26. The highest BCUT2D eigenvalue weighted by Crippen LogP contribution is 2.36. The molecule has 144 valence electrons. The summed E-state index contributed by atoms with van der Waals surface area (Å²) in [5, 5.41) is 14.9. The first-order chi connectivity index (χ1) is 13.5. The number of fused-ring (bicyclic) bond motifs is 1. The van der Waals surface area contributed by atoms with Crippen molar-refractivity contribution < 1.29 is 9.53 Å². The third kappa shape index (κ3) is 2.90. The van der Waals surface area contributed by atoms with Crippen LogP contribution in [0.2, 0.25) is 0 Å². The van der Waals surface area contributed by atoms with Gasteiger partial charge in [0.25, 0.3) is 5.91 Å². The first-order valence-corrected chi connectivity index (χ1v) is 8.81. The Kier molecular flexibility index (Phi) is 4.34. The number of para-hydroxylation sites is 2. The summed E-state index contributed by atoms with van der Waals surface area (Å²) in [6.07, 6.45) is 3.37. The average molecular weight is 379 g/mol. The molecule has 2 N–H and O–H groups in total. The molecule has 2 aromatic heterocycles. The number of rotatable bonds is 4. The molecular weight excluding hydrogens is 358 g/mol. The van der Waals surface area contributed by atoms with Gasteiger partial charge in [-0.15, -0.1) is 0 Å². The second kappa shape index (κ2) is 6.84. The van der Waals surface area contributed by atoms with Crippen molar-refractivity contribution in [3.8, 4) is 5.75 Å². The lowest BCUT2D eigenvalue weighted by atomic mass is 9.95. The molecule has 1 amide bonds. The van der Waals surface area contributed by atoms with Gasteiger partial charge in [-0.05, 0) is 26.0 Å². The predicted octanol–water partition coefficient (Wildman–Crippen LogP) is 2.26. The summed E-state index contributed by atoms with van der Waals surface area (Å²) >= 11 is 0. The number of nitrogens with one attached hydrogen (secondary N) is 2. The van der Waals surface area contributed by atoms with Gasteiger partial charge in [0.05, 0.1) is 24.1 Å². The molecule has 0 spiro atoms. The van der Waals surface area contributed by atoms with Gasteiger partial charge in [-0.25, -0.2) is 4.68 Å². The zero-order valence-corrected chi connectivity index (χ0v) is 16.1. The van der Waals surface area contributed by atoms with E-state index < -0.39 is 6.04 Å². The van der Waals surface area contributed by atoms with Crippen molar-refractivity contribution in [3.05, 3.63) is 59.3 Å². The summed E-state index contributed by atoms with van der Waals surface area (Å²) < 4.78 is 8.78. The van der Waals surface area contributed by atoms with Gasteiger partial charge in [0.2, 0.25) is 5.95 Å². The van der Waals surface area contributed by atoms with E-state index in [1.54, 1.807) is 28.6 Å². The van der Waals surface area contributed by atoms with Gasteiger partial charge < -0.3 is 15.4 Å². The fraction of sp³-hybridized carbons (Fsp3) is 0.263. The third-order valence-corrected chi connectivity index (χ3v) is 4.74. The number of benzene rings is 1. The number of allylic oxidation sites excluding steroid dienone is 1. The summed E-state index contributed by atoms with van der Waals surface area (Å²) in [4.78, 5) is 17.6. The van der Waals surface area contributed by atoms with E-state index in [0.717, 1.165) is 11.3 Å². The maximum absolute atomic E-state index is 13.3. The molecule has 9 nitrogen and oxygen atoms in total. The molecule has 0 fully saturated rings. The Balaban J connectivity index is 1.79. The predicted molar refractivity (Wildman–Crippen MR) is 104 cm³/mol. The minimum atomic E-state index is -0.442. The van der Waals surface area contributed by atoms with Crippen LogP contribution in [-0.4, -0.2) is 37.6 Å². The lowest BCUT2D eigenvalue weighted by Gasteiger charge is -2.28. The SMILES string of the molecule is COc1ccccc1NC(=O)C1=C(C)Nc2ncnn2C1c1cn(C)nc1C. The molecule has 0 radical (unpaired) electrons. The molecule has 3 aromatic rings. The summed E-state index contributed by atoms with van der Waals surface area (Å²) in [6, 6.07) is 6.85. The van der Waals surface area contributed by atoms with Crippen LogP contribution in [0.15, 0.2) is 48.1 Å². The van der Waals surface area contributed by atoms with Gasteiger partial charge in [-0.3, -0.25) is 9.48 Å². The molecule has 1 aliphatic rings. The lowest BCUT2D eigenvalue weighted by Crippen LogP contribution is -2.31. The number of methoxy groups -OCH3 is 1. The van der Waals surface area contributed by atoms with Gasteiger partial charge in [0, 0.05) is 24.5 Å². The molecule has 0 saturated heterocycles. The number of hydrogen-bond donors (Lipinski definition) is 2. The van der Waals surface area contributed by atoms with Crippen LogP contribution in [-0.2, 0) is 11.8 Å². The van der Waals surface area contributed by atoms with E-state index in [4.69, 9.17) is 4.74 Å². The maximum Gasteiger partial charge on any atom is 0.255 e. The van der Waals surface area contributed by atoms with Gasteiger partial charge in [-0.1, -0.05) is 12.1 Å². The second-order valence-electron chi connectivity index (χ2n) is 6.59. The summed E-state index contributed by atoms with van der Waals surface area (Å²) in [7, 11) is 3.42. The van der Waals surface area contributed by atoms with E-state index >= 15 is 0 Å². The molecule has 9 heteroatoms. The Morgan fingerprint density at radius 2 is 2.07 bits per heavy atom. The molecule has 28 heavy (non-hydrogen) atoms. The van der Waals surface area contributed by atoms with Crippen LogP contribution < -0.4 is 15.4 Å². The molecule has 1 aliphatic heterocycles. The Hall–Kier alpha value is -3.62. The minimum absolute atomic E-state index is 0.246. The van der Waals surface area contributed by atoms with Crippen LogP contribution >= 0.6 is 0 Å². The smallest absolute Gasteiger partial charge is 0.255 e. The molecule has 0 saturated carbocycles. The summed E-state index contributed by atoms with van der Waals surface area (Å²) in [6.45, 7) is 3.77. The number of amides is 1. The van der Waals surface area contributed by atoms with E-state index in [-0.39, 0.29) is 5.91 Å². The van der Waals surface area contributed by atoms with Gasteiger partial charge in [0.1, 0.15) is 18.1 Å². The van der Waals surface area contributed by atoms with Crippen LogP contribution in [0, 0.1) is 6.92 Å². The van der Waals surface area contributed by atoms with Crippen molar-refractivity contribution in [3.63, 3.8) is 0 Å². The number of ether oxygens (including phenoxy) is 1. The highest BCUT2D eigenvalue weighted by atomic mass is 16.5. The van der Waals surface area contributed by atoms with Crippen molar-refractivity contribution >= 4 is 17.5 Å². The largest absolute Gasteiger partial charge is 0.495 e. The van der Waals surface area contributed by atoms with Gasteiger partial charge >= 0.3 is 0 Å². The Labute approximate surface area is 162 Å². The Morgan fingerprint density at radius 1 is 1.29 bits per heavy atom. The number of aromatic nitrogens is 5. The summed E-state index contributed by atoms with van der Waals surface area (Å²) in [5.74, 6) is 0.928. The van der Waals surface area contributed by atoms with Crippen molar-refractivity contribution in [1.29, 1.82) is 0 Å². The van der Waals surface area contributed by atoms with Crippen LogP contribution in [0.5, 0.6) is 5.75 Å². The van der Waals surface area contributed by atoms with Crippen molar-refractivity contribution in [2.75, 3.05) is 17.7 Å². The van der Waals surface area contributed by atoms with E-state index in [2.05, 4.69) is 25.8 Å². The number of nitrogens with zero attached hydrogens (tertiary/aromatic N) is 5. The third-order valence-electron chi connectivity index (χ3n) is 4.74. The molecule has 0 bridgehead atoms. The van der Waals surface area contributed by atoms with E-state index in [1.807, 2.05) is 39.2 Å². The molecule has 3 heterocycles. The second-order valence-corrected chi connectivity index (χ2v) is 6.59. The van der Waals surface area contributed by atoms with E-state index in [0.29, 0.717) is 28.7 Å². The van der Waals surface area contributed by atoms with Gasteiger partial charge in [-0.2, -0.15) is 15.2 Å². The monoisotopic (exact) mass is 379 g/mol. The zero-order valence-electron chi connectivity index (χ0n) is 16.1. The fourth-order valence-electron chi connectivity index (χ4n) is 3.50. The molecular formula is C19H21N7O2. The van der Waals surface area contributed by atoms with E-state index in [1.165, 1.54) is 6.33 Å². The Bertz CT molecular complexity index is 1080. The molecule has 4 rings (SSSR count). The van der Waals surface area contributed by atoms with E-state index in [9.17, 15) is 4.79 Å². The number of anilines is 2.